The molecule has 3 aromatic rings. The fourth-order valence-electron chi connectivity index (χ4n) is 1.24. The fourth-order valence-corrected chi connectivity index (χ4v) is 1.24. The van der Waals surface area contributed by atoms with E-state index in [0.717, 1.165) is 0 Å². The van der Waals surface area contributed by atoms with Gasteiger partial charge in [-0.1, -0.05) is 72.8 Å². The minimum atomic E-state index is 0.322. The normalized spacial score (nSPS) is 8.40. The van der Waals surface area contributed by atoms with E-state index in [4.69, 9.17) is 10.2 Å². The summed E-state index contributed by atoms with van der Waals surface area (Å²) in [5, 5.41) is 17.3. The van der Waals surface area contributed by atoms with Crippen molar-refractivity contribution in [1.29, 1.82) is 0 Å². The van der Waals surface area contributed by atoms with E-state index in [1.54, 1.807) is 48.5 Å². The highest BCUT2D eigenvalue weighted by atomic mass is 16.3. The molecule has 2 N–H and O–H groups in total. The van der Waals surface area contributed by atoms with E-state index in [0.29, 0.717) is 11.5 Å². The first-order valence-electron chi connectivity index (χ1n) is 6.27. The molecule has 2 nitrogen and oxygen atoms in total. The zero-order valence-electron chi connectivity index (χ0n) is 11.1. The lowest BCUT2D eigenvalue weighted by molar-refractivity contribution is 0.475. The molecular weight excluding hydrogens is 248 g/mol. The molecule has 0 aliphatic rings. The Morgan fingerprint density at radius 2 is 0.550 bits per heavy atom. The molecular formula is C18H18O2. The number of phenols is 2. The number of benzene rings is 3. The summed E-state index contributed by atoms with van der Waals surface area (Å²) in [4.78, 5) is 0. The first-order valence-corrected chi connectivity index (χ1v) is 6.27. The van der Waals surface area contributed by atoms with Crippen molar-refractivity contribution >= 4 is 0 Å². The first-order chi connectivity index (χ1) is 9.79. The third kappa shape index (κ3) is 8.37. The molecule has 0 atom stereocenters. The van der Waals surface area contributed by atoms with Gasteiger partial charge in [0.15, 0.2) is 0 Å². The molecule has 3 rings (SSSR count). The van der Waals surface area contributed by atoms with Gasteiger partial charge in [0.05, 0.1) is 0 Å². The lowest BCUT2D eigenvalue weighted by Crippen LogP contribution is -1.56. The summed E-state index contributed by atoms with van der Waals surface area (Å²) in [5.74, 6) is 0.644. The molecule has 0 unspecified atom stereocenters. The van der Waals surface area contributed by atoms with Crippen LogP contribution in [0, 0.1) is 0 Å². The van der Waals surface area contributed by atoms with Gasteiger partial charge in [-0.2, -0.15) is 0 Å². The average Bonchev–Trinajstić information content (AvgIpc) is 2.52. The Hall–Kier alpha value is -2.74. The predicted molar refractivity (Wildman–Crippen MR) is 82.7 cm³/mol. The zero-order valence-corrected chi connectivity index (χ0v) is 11.1. The molecule has 20 heavy (non-hydrogen) atoms. The smallest absolute Gasteiger partial charge is 0.115 e. The molecule has 0 heterocycles. The summed E-state index contributed by atoms with van der Waals surface area (Å²) in [6.45, 7) is 0. The number of phenolic OH excluding ortho intramolecular Hbond substituents is 2. The topological polar surface area (TPSA) is 40.5 Å². The lowest BCUT2D eigenvalue weighted by atomic mass is 10.3. The van der Waals surface area contributed by atoms with Crippen molar-refractivity contribution in [3.8, 4) is 11.5 Å². The number of rotatable bonds is 0. The van der Waals surface area contributed by atoms with Crippen LogP contribution in [0.25, 0.3) is 0 Å². The molecule has 0 aromatic heterocycles. The summed E-state index contributed by atoms with van der Waals surface area (Å²) in [7, 11) is 0. The maximum atomic E-state index is 8.63. The van der Waals surface area contributed by atoms with Gasteiger partial charge in [-0.3, -0.25) is 0 Å². The Bertz CT molecular complexity index is 472. The SMILES string of the molecule is Oc1ccccc1.Oc1ccccc1.c1ccccc1. The average molecular weight is 266 g/mol. The van der Waals surface area contributed by atoms with E-state index in [-0.39, 0.29) is 0 Å². The maximum absolute atomic E-state index is 8.63. The quantitative estimate of drug-likeness (QED) is 0.630. The van der Waals surface area contributed by atoms with Gasteiger partial charge in [-0.05, 0) is 24.3 Å². The highest BCUT2D eigenvalue weighted by Crippen LogP contribution is 2.03. The second-order valence-electron chi connectivity index (χ2n) is 3.83. The zero-order chi connectivity index (χ0) is 14.5. The van der Waals surface area contributed by atoms with E-state index < -0.39 is 0 Å². The monoisotopic (exact) mass is 266 g/mol. The van der Waals surface area contributed by atoms with Crippen molar-refractivity contribution in [2.24, 2.45) is 0 Å². The Kier molecular flexibility index (Phi) is 7.82. The molecule has 2 heteroatoms. The van der Waals surface area contributed by atoms with Crippen LogP contribution in [0.1, 0.15) is 0 Å². The van der Waals surface area contributed by atoms with E-state index in [9.17, 15) is 0 Å². The van der Waals surface area contributed by atoms with Gasteiger partial charge >= 0.3 is 0 Å². The molecule has 0 amide bonds. The highest BCUT2D eigenvalue weighted by Gasteiger charge is 1.75. The molecule has 0 radical (unpaired) electrons. The van der Waals surface area contributed by atoms with Crippen LogP contribution in [0.2, 0.25) is 0 Å². The van der Waals surface area contributed by atoms with Gasteiger partial charge in [0.25, 0.3) is 0 Å². The third-order valence-electron chi connectivity index (χ3n) is 2.18. The van der Waals surface area contributed by atoms with E-state index >= 15 is 0 Å². The predicted octanol–water partition coefficient (Wildman–Crippen LogP) is 4.47. The van der Waals surface area contributed by atoms with Crippen LogP contribution in [-0.2, 0) is 0 Å². The Balaban J connectivity index is 0.000000151. The number of hydrogen-bond donors (Lipinski definition) is 2. The summed E-state index contributed by atoms with van der Waals surface area (Å²) in [6.07, 6.45) is 0. The molecule has 102 valence electrons. The Labute approximate surface area is 119 Å². The fraction of sp³-hybridized carbons (Fsp3) is 0. The van der Waals surface area contributed by atoms with Crippen molar-refractivity contribution in [2.45, 2.75) is 0 Å². The van der Waals surface area contributed by atoms with Crippen LogP contribution in [0.4, 0.5) is 0 Å². The van der Waals surface area contributed by atoms with Crippen molar-refractivity contribution in [1.82, 2.24) is 0 Å². The van der Waals surface area contributed by atoms with Crippen LogP contribution >= 0.6 is 0 Å². The van der Waals surface area contributed by atoms with Crippen LogP contribution in [0.15, 0.2) is 97.1 Å². The van der Waals surface area contributed by atoms with E-state index in [1.807, 2.05) is 48.5 Å². The van der Waals surface area contributed by atoms with Crippen LogP contribution in [0.3, 0.4) is 0 Å². The first kappa shape index (κ1) is 15.3. The highest BCUT2D eigenvalue weighted by molar-refractivity contribution is 5.19. The van der Waals surface area contributed by atoms with Crippen LogP contribution in [-0.4, -0.2) is 10.2 Å². The van der Waals surface area contributed by atoms with Crippen LogP contribution in [0.5, 0.6) is 11.5 Å². The Morgan fingerprint density at radius 3 is 0.700 bits per heavy atom. The van der Waals surface area contributed by atoms with Crippen molar-refractivity contribution in [3.63, 3.8) is 0 Å². The van der Waals surface area contributed by atoms with Gasteiger partial charge in [-0.15, -0.1) is 0 Å². The van der Waals surface area contributed by atoms with Crippen LogP contribution < -0.4 is 0 Å². The Morgan fingerprint density at radius 1 is 0.350 bits per heavy atom. The molecule has 3 aromatic carbocycles. The minimum absolute atomic E-state index is 0.322. The number of para-hydroxylation sites is 2. The van der Waals surface area contributed by atoms with Crippen molar-refractivity contribution in [3.05, 3.63) is 97.1 Å². The molecule has 0 bridgehead atoms. The molecule has 0 saturated heterocycles. The largest absolute Gasteiger partial charge is 0.508 e. The summed E-state index contributed by atoms with van der Waals surface area (Å²) >= 11 is 0. The second kappa shape index (κ2) is 10.2. The van der Waals surface area contributed by atoms with E-state index in [2.05, 4.69) is 0 Å². The van der Waals surface area contributed by atoms with Gasteiger partial charge < -0.3 is 10.2 Å². The maximum Gasteiger partial charge on any atom is 0.115 e. The van der Waals surface area contributed by atoms with Crippen molar-refractivity contribution in [2.75, 3.05) is 0 Å². The molecule has 0 aliphatic heterocycles. The minimum Gasteiger partial charge on any atom is -0.508 e. The summed E-state index contributed by atoms with van der Waals surface area (Å²) in [5.41, 5.74) is 0. The standard InChI is InChI=1S/2C6H6O.C6H6/c2*7-6-4-2-1-3-5-6;1-2-4-6-5-3-1/h2*1-5,7H;1-6H. The second-order valence-corrected chi connectivity index (χ2v) is 3.83. The third-order valence-corrected chi connectivity index (χ3v) is 2.18. The molecule has 0 aliphatic carbocycles. The van der Waals surface area contributed by atoms with Gasteiger partial charge in [-0.25, -0.2) is 0 Å². The van der Waals surface area contributed by atoms with E-state index in [1.165, 1.54) is 0 Å². The number of hydrogen-bond acceptors (Lipinski definition) is 2. The molecule has 0 spiro atoms. The van der Waals surface area contributed by atoms with Crippen molar-refractivity contribution < 1.29 is 10.2 Å². The van der Waals surface area contributed by atoms with Gasteiger partial charge in [0.1, 0.15) is 11.5 Å². The lowest BCUT2D eigenvalue weighted by Gasteiger charge is -1.82. The number of aromatic hydroxyl groups is 2. The van der Waals surface area contributed by atoms with Gasteiger partial charge in [0.2, 0.25) is 0 Å². The molecule has 0 saturated carbocycles. The summed E-state index contributed by atoms with van der Waals surface area (Å²) in [6, 6.07) is 29.4. The summed E-state index contributed by atoms with van der Waals surface area (Å²) < 4.78 is 0. The van der Waals surface area contributed by atoms with Gasteiger partial charge in [0, 0.05) is 0 Å². The molecule has 0 fully saturated rings.